The van der Waals surface area contributed by atoms with E-state index < -0.39 is 17.4 Å². The molecular formula is C19H18FNO4. The van der Waals surface area contributed by atoms with Gasteiger partial charge in [-0.2, -0.15) is 5.26 Å². The summed E-state index contributed by atoms with van der Waals surface area (Å²) in [5.41, 5.74) is -0.302. The fourth-order valence-corrected chi connectivity index (χ4v) is 2.21. The zero-order chi connectivity index (χ0) is 18.6. The lowest BCUT2D eigenvalue weighted by atomic mass is 10.0. The number of halogens is 1. The Kier molecular flexibility index (Phi) is 5.28. The molecular weight excluding hydrogens is 325 g/mol. The van der Waals surface area contributed by atoms with Crippen molar-refractivity contribution in [1.82, 2.24) is 0 Å². The smallest absolute Gasteiger partial charge is 0.337 e. The van der Waals surface area contributed by atoms with Crippen molar-refractivity contribution in [2.24, 2.45) is 0 Å². The molecule has 0 unspecified atom stereocenters. The van der Waals surface area contributed by atoms with Gasteiger partial charge in [0.05, 0.1) is 19.8 Å². The number of carbonyl (C=O) groups excluding carboxylic acids is 1. The van der Waals surface area contributed by atoms with Gasteiger partial charge < -0.3 is 14.2 Å². The van der Waals surface area contributed by atoms with Crippen LogP contribution in [0.4, 0.5) is 4.39 Å². The van der Waals surface area contributed by atoms with Gasteiger partial charge in [-0.05, 0) is 50.2 Å². The first-order valence-electron chi connectivity index (χ1n) is 7.48. The average molecular weight is 343 g/mol. The van der Waals surface area contributed by atoms with Crippen molar-refractivity contribution in [3.63, 3.8) is 0 Å². The number of ether oxygens (including phenoxy) is 3. The van der Waals surface area contributed by atoms with Gasteiger partial charge >= 0.3 is 5.97 Å². The van der Waals surface area contributed by atoms with Crippen LogP contribution in [0.25, 0.3) is 11.1 Å². The lowest BCUT2D eigenvalue weighted by Crippen LogP contribution is -2.26. The first-order chi connectivity index (χ1) is 11.8. The zero-order valence-electron chi connectivity index (χ0n) is 14.4. The molecule has 0 heterocycles. The van der Waals surface area contributed by atoms with Gasteiger partial charge in [0.1, 0.15) is 23.4 Å². The number of benzene rings is 2. The van der Waals surface area contributed by atoms with Crippen LogP contribution in [0.1, 0.15) is 24.2 Å². The number of nitriles is 1. The van der Waals surface area contributed by atoms with Crippen molar-refractivity contribution < 1.29 is 23.4 Å². The first kappa shape index (κ1) is 18.3. The minimum atomic E-state index is -1.17. The van der Waals surface area contributed by atoms with Crippen LogP contribution in [0.2, 0.25) is 0 Å². The molecule has 0 aliphatic rings. The third-order valence-corrected chi connectivity index (χ3v) is 3.50. The highest BCUT2D eigenvalue weighted by Crippen LogP contribution is 2.36. The van der Waals surface area contributed by atoms with Crippen LogP contribution < -0.4 is 9.47 Å². The predicted molar refractivity (Wildman–Crippen MR) is 90.0 cm³/mol. The molecule has 0 N–H and O–H groups in total. The Balaban J connectivity index is 2.64. The highest BCUT2D eigenvalue weighted by Gasteiger charge is 2.23. The molecule has 25 heavy (non-hydrogen) atoms. The molecule has 0 fully saturated rings. The molecule has 0 aliphatic carbocycles. The fourth-order valence-electron chi connectivity index (χ4n) is 2.21. The summed E-state index contributed by atoms with van der Waals surface area (Å²) in [6.07, 6.45) is 0. The monoisotopic (exact) mass is 343 g/mol. The SMILES string of the molecule is COC(=O)c1ccc(-c2cc(OC)ccc2F)c(OC(C)(C)C#N)c1. The number of carbonyl (C=O) groups is 1. The Bertz CT molecular complexity index is 840. The van der Waals surface area contributed by atoms with E-state index >= 15 is 0 Å². The van der Waals surface area contributed by atoms with Crippen LogP contribution in [0.3, 0.4) is 0 Å². The van der Waals surface area contributed by atoms with E-state index in [-0.39, 0.29) is 16.9 Å². The number of hydrogen-bond acceptors (Lipinski definition) is 5. The Hall–Kier alpha value is -3.07. The van der Waals surface area contributed by atoms with E-state index in [2.05, 4.69) is 0 Å². The third kappa shape index (κ3) is 4.07. The number of nitrogens with zero attached hydrogens (tertiary/aromatic N) is 1. The van der Waals surface area contributed by atoms with Crippen LogP contribution in [-0.2, 0) is 4.74 Å². The maximum absolute atomic E-state index is 14.3. The highest BCUT2D eigenvalue weighted by molar-refractivity contribution is 5.91. The minimum Gasteiger partial charge on any atom is -0.497 e. The summed E-state index contributed by atoms with van der Waals surface area (Å²) in [5.74, 6) is -0.371. The summed E-state index contributed by atoms with van der Waals surface area (Å²) in [7, 11) is 2.74. The van der Waals surface area contributed by atoms with Crippen LogP contribution in [0, 0.1) is 17.1 Å². The molecule has 6 heteroatoms. The first-order valence-corrected chi connectivity index (χ1v) is 7.48. The lowest BCUT2D eigenvalue weighted by molar-refractivity contribution is 0.0599. The largest absolute Gasteiger partial charge is 0.497 e. The maximum Gasteiger partial charge on any atom is 0.337 e. The quantitative estimate of drug-likeness (QED) is 0.769. The van der Waals surface area contributed by atoms with Crippen LogP contribution in [0.15, 0.2) is 36.4 Å². The van der Waals surface area contributed by atoms with Crippen LogP contribution >= 0.6 is 0 Å². The van der Waals surface area contributed by atoms with Gasteiger partial charge in [-0.25, -0.2) is 9.18 Å². The molecule has 5 nitrogen and oxygen atoms in total. The van der Waals surface area contributed by atoms with Crippen molar-refractivity contribution >= 4 is 5.97 Å². The molecule has 0 bridgehead atoms. The second-order valence-corrected chi connectivity index (χ2v) is 5.77. The molecule has 2 aromatic rings. The Labute approximate surface area is 145 Å². The van der Waals surface area contributed by atoms with Crippen molar-refractivity contribution in [3.05, 3.63) is 47.8 Å². The summed E-state index contributed by atoms with van der Waals surface area (Å²) < 4.78 is 29.9. The van der Waals surface area contributed by atoms with Crippen molar-refractivity contribution in [1.29, 1.82) is 5.26 Å². The minimum absolute atomic E-state index is 0.196. The van der Waals surface area contributed by atoms with E-state index in [4.69, 9.17) is 14.2 Å². The normalized spacial score (nSPS) is 10.7. The molecule has 2 rings (SSSR count). The van der Waals surface area contributed by atoms with Gasteiger partial charge in [0.2, 0.25) is 0 Å². The fraction of sp³-hybridized carbons (Fsp3) is 0.263. The maximum atomic E-state index is 14.3. The summed E-state index contributed by atoms with van der Waals surface area (Å²) in [6.45, 7) is 3.15. The van der Waals surface area contributed by atoms with Crippen molar-refractivity contribution in [3.8, 4) is 28.7 Å². The number of hydrogen-bond donors (Lipinski definition) is 0. The van der Waals surface area contributed by atoms with Gasteiger partial charge in [-0.1, -0.05) is 0 Å². The molecule has 0 atom stereocenters. The van der Waals surface area contributed by atoms with E-state index in [0.717, 1.165) is 0 Å². The van der Waals surface area contributed by atoms with Gasteiger partial charge in [0.25, 0.3) is 0 Å². The van der Waals surface area contributed by atoms with E-state index in [9.17, 15) is 14.4 Å². The number of esters is 1. The Morgan fingerprint density at radius 1 is 1.12 bits per heavy atom. The molecule has 0 amide bonds. The lowest BCUT2D eigenvalue weighted by Gasteiger charge is -2.21. The second kappa shape index (κ2) is 7.22. The van der Waals surface area contributed by atoms with E-state index in [0.29, 0.717) is 11.3 Å². The van der Waals surface area contributed by atoms with Gasteiger partial charge in [-0.15, -0.1) is 0 Å². The van der Waals surface area contributed by atoms with Crippen LogP contribution in [-0.4, -0.2) is 25.8 Å². The van der Waals surface area contributed by atoms with E-state index in [1.807, 2.05) is 6.07 Å². The topological polar surface area (TPSA) is 68.6 Å². The van der Waals surface area contributed by atoms with E-state index in [1.54, 1.807) is 19.9 Å². The molecule has 0 aromatic heterocycles. The van der Waals surface area contributed by atoms with Gasteiger partial charge in [-0.3, -0.25) is 0 Å². The number of methoxy groups -OCH3 is 2. The molecule has 0 radical (unpaired) electrons. The molecule has 0 spiro atoms. The second-order valence-electron chi connectivity index (χ2n) is 5.77. The molecule has 0 saturated heterocycles. The average Bonchev–Trinajstić information content (AvgIpc) is 2.61. The van der Waals surface area contributed by atoms with Gasteiger partial charge in [0, 0.05) is 11.1 Å². The predicted octanol–water partition coefficient (Wildman–Crippen LogP) is 3.97. The molecule has 2 aromatic carbocycles. The van der Waals surface area contributed by atoms with Gasteiger partial charge in [0.15, 0.2) is 5.60 Å². The van der Waals surface area contributed by atoms with Crippen LogP contribution in [0.5, 0.6) is 11.5 Å². The summed E-state index contributed by atoms with van der Waals surface area (Å²) >= 11 is 0. The van der Waals surface area contributed by atoms with E-state index in [1.165, 1.54) is 44.6 Å². The van der Waals surface area contributed by atoms with Crippen molar-refractivity contribution in [2.75, 3.05) is 14.2 Å². The summed E-state index contributed by atoms with van der Waals surface area (Å²) in [5, 5.41) is 9.22. The summed E-state index contributed by atoms with van der Waals surface area (Å²) in [4.78, 5) is 11.8. The highest BCUT2D eigenvalue weighted by atomic mass is 19.1. The molecule has 0 saturated carbocycles. The zero-order valence-corrected chi connectivity index (χ0v) is 14.4. The Morgan fingerprint density at radius 2 is 1.84 bits per heavy atom. The molecule has 130 valence electrons. The standard InChI is InChI=1S/C19H18FNO4/c1-19(2,11-21)25-17-9-12(18(22)24-4)5-7-14(17)15-10-13(23-3)6-8-16(15)20/h5-10H,1-4H3. The third-order valence-electron chi connectivity index (χ3n) is 3.50. The Morgan fingerprint density at radius 3 is 2.44 bits per heavy atom. The summed E-state index contributed by atoms with van der Waals surface area (Å²) in [6, 6.07) is 10.8. The van der Waals surface area contributed by atoms with Crippen molar-refractivity contribution in [2.45, 2.75) is 19.4 Å². The molecule has 0 aliphatic heterocycles. The number of rotatable bonds is 5.